The number of nitrogens with two attached hydrogens (primary N) is 1. The van der Waals surface area contributed by atoms with Crippen LogP contribution in [0.1, 0.15) is 31.1 Å². The summed E-state index contributed by atoms with van der Waals surface area (Å²) in [4.78, 5) is 25.1. The van der Waals surface area contributed by atoms with Gasteiger partial charge in [0, 0.05) is 11.3 Å². The van der Waals surface area contributed by atoms with Gasteiger partial charge in [-0.2, -0.15) is 0 Å². The summed E-state index contributed by atoms with van der Waals surface area (Å²) in [6.45, 7) is 5.98. The van der Waals surface area contributed by atoms with Crippen molar-refractivity contribution in [2.24, 2.45) is 11.1 Å². The number of anilines is 1. The standard InChI is InChI=1S/C20H25N3O5S/c1-4-28-16-10-8-14(9-11-16)19(24)23-18(13(2)3)20(25)22-15-6-5-7-17(12-15)29(21,26)27/h5-13,18H,4H2,1-3H3,(H,22,25)(H,23,24)(H2,21,26,27)/t18-/m0/s1. The molecule has 0 spiro atoms. The fourth-order valence-corrected chi connectivity index (χ4v) is 3.16. The van der Waals surface area contributed by atoms with E-state index in [9.17, 15) is 18.0 Å². The molecule has 0 saturated heterocycles. The summed E-state index contributed by atoms with van der Waals surface area (Å²) < 4.78 is 28.3. The number of nitrogens with one attached hydrogen (secondary N) is 2. The van der Waals surface area contributed by atoms with Crippen LogP contribution >= 0.6 is 0 Å². The van der Waals surface area contributed by atoms with E-state index >= 15 is 0 Å². The number of ether oxygens (including phenoxy) is 1. The largest absolute Gasteiger partial charge is 0.494 e. The Balaban J connectivity index is 2.12. The highest BCUT2D eigenvalue weighted by Gasteiger charge is 2.25. The number of hydrogen-bond acceptors (Lipinski definition) is 5. The third-order valence-electron chi connectivity index (χ3n) is 4.09. The zero-order chi connectivity index (χ0) is 21.6. The second-order valence-electron chi connectivity index (χ2n) is 6.71. The number of primary sulfonamides is 1. The first-order valence-electron chi connectivity index (χ1n) is 9.09. The van der Waals surface area contributed by atoms with Gasteiger partial charge < -0.3 is 15.4 Å². The monoisotopic (exact) mass is 419 g/mol. The molecular formula is C20H25N3O5S. The first kappa shape index (κ1) is 22.4. The van der Waals surface area contributed by atoms with Crippen molar-refractivity contribution in [2.75, 3.05) is 11.9 Å². The number of carbonyl (C=O) groups is 2. The first-order valence-corrected chi connectivity index (χ1v) is 10.6. The van der Waals surface area contributed by atoms with E-state index < -0.39 is 27.9 Å². The highest BCUT2D eigenvalue weighted by molar-refractivity contribution is 7.89. The van der Waals surface area contributed by atoms with E-state index in [-0.39, 0.29) is 16.5 Å². The predicted octanol–water partition coefficient (Wildman–Crippen LogP) is 2.13. The molecule has 0 saturated carbocycles. The van der Waals surface area contributed by atoms with E-state index in [2.05, 4.69) is 10.6 Å². The molecule has 0 aromatic heterocycles. The molecule has 0 bridgehead atoms. The number of hydrogen-bond donors (Lipinski definition) is 3. The van der Waals surface area contributed by atoms with Crippen LogP contribution < -0.4 is 20.5 Å². The van der Waals surface area contributed by atoms with E-state index in [1.54, 1.807) is 38.1 Å². The fraction of sp³-hybridized carbons (Fsp3) is 0.300. The molecule has 2 aromatic carbocycles. The SMILES string of the molecule is CCOc1ccc(C(=O)N[C@H](C(=O)Nc2cccc(S(N)(=O)=O)c2)C(C)C)cc1. The van der Waals surface area contributed by atoms with Crippen LogP contribution in [0, 0.1) is 5.92 Å². The van der Waals surface area contributed by atoms with Gasteiger partial charge >= 0.3 is 0 Å². The molecule has 2 amide bonds. The summed E-state index contributed by atoms with van der Waals surface area (Å²) in [5, 5.41) is 10.5. The minimum absolute atomic E-state index is 0.116. The van der Waals surface area contributed by atoms with Crippen LogP contribution in [0.25, 0.3) is 0 Å². The topological polar surface area (TPSA) is 128 Å². The smallest absolute Gasteiger partial charge is 0.251 e. The first-order chi connectivity index (χ1) is 13.6. The second-order valence-corrected chi connectivity index (χ2v) is 8.28. The molecule has 0 heterocycles. The van der Waals surface area contributed by atoms with Crippen LogP contribution in [0.5, 0.6) is 5.75 Å². The molecule has 1 atom stereocenters. The van der Waals surface area contributed by atoms with Crippen LogP contribution in [0.2, 0.25) is 0 Å². The Kier molecular flexibility index (Phi) is 7.35. The summed E-state index contributed by atoms with van der Waals surface area (Å²) >= 11 is 0. The summed E-state index contributed by atoms with van der Waals surface area (Å²) in [7, 11) is -3.89. The van der Waals surface area contributed by atoms with Gasteiger partial charge in [0.1, 0.15) is 11.8 Å². The molecule has 4 N–H and O–H groups in total. The molecule has 0 aliphatic rings. The highest BCUT2D eigenvalue weighted by atomic mass is 32.2. The number of benzene rings is 2. The lowest BCUT2D eigenvalue weighted by atomic mass is 10.0. The maximum absolute atomic E-state index is 12.7. The van der Waals surface area contributed by atoms with Gasteiger partial charge in [0.05, 0.1) is 11.5 Å². The van der Waals surface area contributed by atoms with Gasteiger partial charge in [-0.15, -0.1) is 0 Å². The fourth-order valence-electron chi connectivity index (χ4n) is 2.60. The average Bonchev–Trinajstić information content (AvgIpc) is 2.66. The number of carbonyl (C=O) groups excluding carboxylic acids is 2. The maximum atomic E-state index is 12.7. The van der Waals surface area contributed by atoms with Crippen LogP contribution in [-0.2, 0) is 14.8 Å². The summed E-state index contributed by atoms with van der Waals surface area (Å²) in [5.41, 5.74) is 0.658. The molecule has 156 valence electrons. The van der Waals surface area contributed by atoms with E-state index in [1.165, 1.54) is 24.3 Å². The van der Waals surface area contributed by atoms with Crippen LogP contribution in [-0.4, -0.2) is 32.9 Å². The van der Waals surface area contributed by atoms with E-state index in [0.29, 0.717) is 17.9 Å². The minimum Gasteiger partial charge on any atom is -0.494 e. The zero-order valence-electron chi connectivity index (χ0n) is 16.5. The Bertz CT molecular complexity index is 972. The molecule has 9 heteroatoms. The third kappa shape index (κ3) is 6.30. The van der Waals surface area contributed by atoms with Crippen LogP contribution in [0.4, 0.5) is 5.69 Å². The van der Waals surface area contributed by atoms with Crippen molar-refractivity contribution in [1.82, 2.24) is 5.32 Å². The lowest BCUT2D eigenvalue weighted by Gasteiger charge is -2.22. The summed E-state index contributed by atoms with van der Waals surface area (Å²) in [5.74, 6) is -0.425. The summed E-state index contributed by atoms with van der Waals surface area (Å²) in [6.07, 6.45) is 0. The maximum Gasteiger partial charge on any atom is 0.251 e. The third-order valence-corrected chi connectivity index (χ3v) is 5.00. The molecule has 0 radical (unpaired) electrons. The van der Waals surface area contributed by atoms with Gasteiger partial charge in [0.15, 0.2) is 0 Å². The molecule has 8 nitrogen and oxygen atoms in total. The van der Waals surface area contributed by atoms with Crippen LogP contribution in [0.3, 0.4) is 0 Å². The lowest BCUT2D eigenvalue weighted by molar-refractivity contribution is -0.118. The predicted molar refractivity (Wildman–Crippen MR) is 110 cm³/mol. The van der Waals surface area contributed by atoms with Gasteiger partial charge in [0.2, 0.25) is 15.9 Å². The van der Waals surface area contributed by atoms with Crippen molar-refractivity contribution in [3.05, 3.63) is 54.1 Å². The average molecular weight is 420 g/mol. The minimum atomic E-state index is -3.89. The van der Waals surface area contributed by atoms with Gasteiger partial charge in [-0.05, 0) is 55.3 Å². The van der Waals surface area contributed by atoms with E-state index in [4.69, 9.17) is 9.88 Å². The quantitative estimate of drug-likeness (QED) is 0.604. The number of rotatable bonds is 8. The van der Waals surface area contributed by atoms with Crippen molar-refractivity contribution >= 4 is 27.5 Å². The highest BCUT2D eigenvalue weighted by Crippen LogP contribution is 2.16. The van der Waals surface area contributed by atoms with E-state index in [0.717, 1.165) is 0 Å². The van der Waals surface area contributed by atoms with Crippen molar-refractivity contribution in [3.63, 3.8) is 0 Å². The normalized spacial score (nSPS) is 12.3. The Hall–Kier alpha value is -2.91. The van der Waals surface area contributed by atoms with Crippen molar-refractivity contribution in [1.29, 1.82) is 0 Å². The van der Waals surface area contributed by atoms with Gasteiger partial charge in [-0.3, -0.25) is 9.59 Å². The Labute approximate surface area is 170 Å². The molecule has 0 aliphatic carbocycles. The molecule has 29 heavy (non-hydrogen) atoms. The Morgan fingerprint density at radius 3 is 2.31 bits per heavy atom. The zero-order valence-corrected chi connectivity index (χ0v) is 17.3. The molecular weight excluding hydrogens is 394 g/mol. The van der Waals surface area contributed by atoms with Crippen LogP contribution in [0.15, 0.2) is 53.4 Å². The Morgan fingerprint density at radius 1 is 1.10 bits per heavy atom. The molecule has 2 aromatic rings. The van der Waals surface area contributed by atoms with Crippen molar-refractivity contribution in [2.45, 2.75) is 31.7 Å². The molecule has 0 aliphatic heterocycles. The Morgan fingerprint density at radius 2 is 1.76 bits per heavy atom. The molecule has 0 fully saturated rings. The van der Waals surface area contributed by atoms with E-state index in [1.807, 2.05) is 6.92 Å². The molecule has 2 rings (SSSR count). The van der Waals surface area contributed by atoms with Gasteiger partial charge in [-0.1, -0.05) is 19.9 Å². The second kappa shape index (κ2) is 9.53. The lowest BCUT2D eigenvalue weighted by Crippen LogP contribution is -2.47. The molecule has 0 unspecified atom stereocenters. The number of sulfonamides is 1. The van der Waals surface area contributed by atoms with Gasteiger partial charge in [0.25, 0.3) is 5.91 Å². The number of amides is 2. The summed E-state index contributed by atoms with van der Waals surface area (Å²) in [6, 6.07) is 11.4. The van der Waals surface area contributed by atoms with Crippen molar-refractivity contribution in [3.8, 4) is 5.75 Å². The van der Waals surface area contributed by atoms with Crippen molar-refractivity contribution < 1.29 is 22.7 Å². The van der Waals surface area contributed by atoms with Gasteiger partial charge in [-0.25, -0.2) is 13.6 Å².